The number of hydrogen-bond donors (Lipinski definition) is 1. The Labute approximate surface area is 84.7 Å². The van der Waals surface area contributed by atoms with E-state index in [-0.39, 0.29) is 0 Å². The molecule has 14 heavy (non-hydrogen) atoms. The molecule has 1 aromatic rings. The van der Waals surface area contributed by atoms with Crippen molar-refractivity contribution in [2.45, 2.75) is 32.1 Å². The Bertz CT molecular complexity index is 360. The topological polar surface area (TPSA) is 25.2 Å². The molecule has 0 aromatic carbocycles. The highest BCUT2D eigenvalue weighted by molar-refractivity contribution is 5.38. The number of furan rings is 1. The van der Waals surface area contributed by atoms with Crippen molar-refractivity contribution in [3.05, 3.63) is 23.2 Å². The Hall–Kier alpha value is -0.760. The normalized spacial score (nSPS) is 35.4. The number of nitrogens with one attached hydrogen (secondary N) is 1. The van der Waals surface area contributed by atoms with E-state index in [9.17, 15) is 0 Å². The van der Waals surface area contributed by atoms with Gasteiger partial charge >= 0.3 is 0 Å². The summed E-state index contributed by atoms with van der Waals surface area (Å²) >= 11 is 0. The van der Waals surface area contributed by atoms with E-state index in [2.05, 4.69) is 25.2 Å². The molecule has 2 heteroatoms. The number of fused-ring (bicyclic) bond motifs is 2. The fourth-order valence-electron chi connectivity index (χ4n) is 3.24. The number of hydrogen-bond acceptors (Lipinski definition) is 2. The van der Waals surface area contributed by atoms with Crippen LogP contribution in [-0.2, 0) is 11.8 Å². The summed E-state index contributed by atoms with van der Waals surface area (Å²) < 4.78 is 5.76. The maximum atomic E-state index is 5.76. The Morgan fingerprint density at radius 1 is 1.57 bits per heavy atom. The summed E-state index contributed by atoms with van der Waals surface area (Å²) in [6.07, 6.45) is 2.41. The van der Waals surface area contributed by atoms with E-state index in [1.807, 2.05) is 0 Å². The average molecular weight is 191 g/mol. The van der Waals surface area contributed by atoms with Crippen LogP contribution >= 0.6 is 0 Å². The van der Waals surface area contributed by atoms with Crippen LogP contribution in [0.15, 0.2) is 10.5 Å². The first-order chi connectivity index (χ1) is 6.72. The molecule has 2 nitrogen and oxygen atoms in total. The smallest absolute Gasteiger partial charge is 0.108 e. The second-order valence-corrected chi connectivity index (χ2v) is 4.88. The van der Waals surface area contributed by atoms with Crippen molar-refractivity contribution in [1.82, 2.24) is 5.32 Å². The second-order valence-electron chi connectivity index (χ2n) is 4.88. The highest BCUT2D eigenvalue weighted by atomic mass is 16.3. The molecular weight excluding hydrogens is 174 g/mol. The highest BCUT2D eigenvalue weighted by Crippen LogP contribution is 2.48. The summed E-state index contributed by atoms with van der Waals surface area (Å²) in [5, 5.41) is 3.49. The van der Waals surface area contributed by atoms with Gasteiger partial charge in [0, 0.05) is 23.9 Å². The SMILES string of the molecule is Cc1cc2c(o1)CC(C)C21CCNC1. The van der Waals surface area contributed by atoms with E-state index in [1.54, 1.807) is 0 Å². The molecule has 1 fully saturated rings. The van der Waals surface area contributed by atoms with Gasteiger partial charge < -0.3 is 9.73 Å². The van der Waals surface area contributed by atoms with Crippen molar-refractivity contribution < 1.29 is 4.42 Å². The number of rotatable bonds is 0. The van der Waals surface area contributed by atoms with Crippen LogP contribution in [0.5, 0.6) is 0 Å². The van der Waals surface area contributed by atoms with Gasteiger partial charge in [-0.15, -0.1) is 0 Å². The molecule has 0 saturated carbocycles. The summed E-state index contributed by atoms with van der Waals surface area (Å²) in [4.78, 5) is 0. The van der Waals surface area contributed by atoms with E-state index in [1.165, 1.54) is 17.7 Å². The predicted molar refractivity (Wildman–Crippen MR) is 55.5 cm³/mol. The van der Waals surface area contributed by atoms with Crippen molar-refractivity contribution in [2.75, 3.05) is 13.1 Å². The molecule has 76 valence electrons. The van der Waals surface area contributed by atoms with E-state index in [0.29, 0.717) is 5.41 Å². The van der Waals surface area contributed by atoms with Crippen LogP contribution in [0.25, 0.3) is 0 Å². The number of aryl methyl sites for hydroxylation is 1. The third-order valence-electron chi connectivity index (χ3n) is 4.09. The van der Waals surface area contributed by atoms with Gasteiger partial charge in [0.05, 0.1) is 0 Å². The average Bonchev–Trinajstić information content (AvgIpc) is 2.76. The molecule has 3 rings (SSSR count). The maximum absolute atomic E-state index is 5.76. The fourth-order valence-corrected chi connectivity index (χ4v) is 3.24. The van der Waals surface area contributed by atoms with Gasteiger partial charge in [0.25, 0.3) is 0 Å². The van der Waals surface area contributed by atoms with Gasteiger partial charge in [-0.1, -0.05) is 6.92 Å². The first-order valence-corrected chi connectivity index (χ1v) is 5.53. The minimum absolute atomic E-state index is 0.396. The molecule has 2 heterocycles. The summed E-state index contributed by atoms with van der Waals surface area (Å²) in [6, 6.07) is 2.26. The Morgan fingerprint density at radius 2 is 2.43 bits per heavy atom. The molecule has 2 atom stereocenters. The van der Waals surface area contributed by atoms with Gasteiger partial charge in [-0.2, -0.15) is 0 Å². The van der Waals surface area contributed by atoms with Crippen LogP contribution in [0.4, 0.5) is 0 Å². The molecule has 0 amide bonds. The van der Waals surface area contributed by atoms with Crippen LogP contribution in [0.3, 0.4) is 0 Å². The standard InChI is InChI=1S/C12H17NO/c1-8-5-11-10(6-9(2)14-11)12(8)3-4-13-7-12/h6,8,13H,3-5,7H2,1-2H3. The van der Waals surface area contributed by atoms with Crippen LogP contribution in [0.2, 0.25) is 0 Å². The minimum Gasteiger partial charge on any atom is -0.466 e. The molecule has 1 aliphatic carbocycles. The van der Waals surface area contributed by atoms with E-state index < -0.39 is 0 Å². The zero-order chi connectivity index (χ0) is 9.76. The fraction of sp³-hybridized carbons (Fsp3) is 0.667. The maximum Gasteiger partial charge on any atom is 0.108 e. The Morgan fingerprint density at radius 3 is 3.14 bits per heavy atom. The first-order valence-electron chi connectivity index (χ1n) is 5.53. The van der Waals surface area contributed by atoms with Gasteiger partial charge in [0.2, 0.25) is 0 Å². The van der Waals surface area contributed by atoms with Gasteiger partial charge in [0.1, 0.15) is 11.5 Å². The van der Waals surface area contributed by atoms with E-state index in [4.69, 9.17) is 4.42 Å². The largest absolute Gasteiger partial charge is 0.466 e. The lowest BCUT2D eigenvalue weighted by atomic mass is 9.75. The van der Waals surface area contributed by atoms with Crippen LogP contribution in [-0.4, -0.2) is 13.1 Å². The molecule has 1 spiro atoms. The summed E-state index contributed by atoms with van der Waals surface area (Å²) in [7, 11) is 0. The molecule has 1 N–H and O–H groups in total. The molecule has 1 saturated heterocycles. The second kappa shape index (κ2) is 2.63. The van der Waals surface area contributed by atoms with Gasteiger partial charge in [-0.25, -0.2) is 0 Å². The molecule has 0 radical (unpaired) electrons. The van der Waals surface area contributed by atoms with Crippen LogP contribution in [0.1, 0.15) is 30.4 Å². The molecule has 2 unspecified atom stereocenters. The molecule has 2 aliphatic rings. The lowest BCUT2D eigenvalue weighted by Crippen LogP contribution is -2.32. The first kappa shape index (κ1) is 8.54. The van der Waals surface area contributed by atoms with Crippen molar-refractivity contribution in [2.24, 2.45) is 5.92 Å². The molecule has 1 aliphatic heterocycles. The van der Waals surface area contributed by atoms with Gasteiger partial charge in [-0.05, 0) is 31.9 Å². The quantitative estimate of drug-likeness (QED) is 0.678. The minimum atomic E-state index is 0.396. The molecule has 0 bridgehead atoms. The summed E-state index contributed by atoms with van der Waals surface area (Å²) in [5.74, 6) is 3.07. The molecular formula is C12H17NO. The van der Waals surface area contributed by atoms with Gasteiger partial charge in [0.15, 0.2) is 0 Å². The van der Waals surface area contributed by atoms with E-state index in [0.717, 1.165) is 31.2 Å². The lowest BCUT2D eigenvalue weighted by Gasteiger charge is -2.27. The zero-order valence-electron chi connectivity index (χ0n) is 8.89. The highest BCUT2D eigenvalue weighted by Gasteiger charge is 2.48. The third kappa shape index (κ3) is 0.897. The van der Waals surface area contributed by atoms with Crippen LogP contribution in [0, 0.1) is 12.8 Å². The molecule has 1 aromatic heterocycles. The Balaban J connectivity index is 2.12. The Kier molecular flexibility index (Phi) is 1.61. The van der Waals surface area contributed by atoms with Gasteiger partial charge in [-0.3, -0.25) is 0 Å². The van der Waals surface area contributed by atoms with Crippen molar-refractivity contribution in [3.8, 4) is 0 Å². The summed E-state index contributed by atoms with van der Waals surface area (Å²) in [5.41, 5.74) is 1.89. The van der Waals surface area contributed by atoms with Crippen LogP contribution < -0.4 is 5.32 Å². The van der Waals surface area contributed by atoms with Crippen molar-refractivity contribution >= 4 is 0 Å². The predicted octanol–water partition coefficient (Wildman–Crippen LogP) is 2.01. The van der Waals surface area contributed by atoms with Crippen molar-refractivity contribution in [3.63, 3.8) is 0 Å². The third-order valence-corrected chi connectivity index (χ3v) is 4.09. The monoisotopic (exact) mass is 191 g/mol. The van der Waals surface area contributed by atoms with Crippen molar-refractivity contribution in [1.29, 1.82) is 0 Å². The lowest BCUT2D eigenvalue weighted by molar-refractivity contribution is 0.337. The van der Waals surface area contributed by atoms with E-state index >= 15 is 0 Å². The zero-order valence-corrected chi connectivity index (χ0v) is 8.89. The summed E-state index contributed by atoms with van der Waals surface area (Å²) in [6.45, 7) is 6.71.